The first-order valence-electron chi connectivity index (χ1n) is 7.58. The second kappa shape index (κ2) is 8.36. The van der Waals surface area contributed by atoms with E-state index in [1.54, 1.807) is 0 Å². The SMILES string of the molecule is Cl.NC(C(=O)NC1CCC(C(F)(F)F)CC1)C1CCOCC1. The molecule has 0 aromatic carbocycles. The lowest BCUT2D eigenvalue weighted by atomic mass is 9.85. The molecular weight excluding hydrogens is 321 g/mol. The van der Waals surface area contributed by atoms with Gasteiger partial charge in [0.15, 0.2) is 0 Å². The summed E-state index contributed by atoms with van der Waals surface area (Å²) in [5.74, 6) is -1.36. The second-order valence-electron chi connectivity index (χ2n) is 6.07. The molecule has 130 valence electrons. The van der Waals surface area contributed by atoms with Crippen LogP contribution >= 0.6 is 12.4 Å². The Morgan fingerprint density at radius 3 is 2.14 bits per heavy atom. The highest BCUT2D eigenvalue weighted by atomic mass is 35.5. The first kappa shape index (κ1) is 19.5. The normalized spacial score (nSPS) is 28.5. The summed E-state index contributed by atoms with van der Waals surface area (Å²) in [5.41, 5.74) is 5.96. The van der Waals surface area contributed by atoms with Crippen molar-refractivity contribution in [2.24, 2.45) is 17.6 Å². The molecule has 2 aliphatic rings. The summed E-state index contributed by atoms with van der Waals surface area (Å²) in [5, 5.41) is 2.82. The monoisotopic (exact) mass is 344 g/mol. The summed E-state index contributed by atoms with van der Waals surface area (Å²) in [7, 11) is 0. The number of amides is 1. The number of alkyl halides is 3. The number of nitrogens with one attached hydrogen (secondary N) is 1. The summed E-state index contributed by atoms with van der Waals surface area (Å²) in [4.78, 5) is 12.1. The van der Waals surface area contributed by atoms with Crippen LogP contribution in [-0.2, 0) is 9.53 Å². The van der Waals surface area contributed by atoms with Crippen LogP contribution < -0.4 is 11.1 Å². The molecule has 0 radical (unpaired) electrons. The summed E-state index contributed by atoms with van der Waals surface area (Å²) in [6, 6.07) is -0.767. The van der Waals surface area contributed by atoms with Crippen LogP contribution in [0.4, 0.5) is 13.2 Å². The Hall–Kier alpha value is -0.530. The van der Waals surface area contributed by atoms with E-state index in [2.05, 4.69) is 5.32 Å². The molecule has 0 aromatic heterocycles. The molecular formula is C14H24ClF3N2O2. The minimum atomic E-state index is -4.12. The molecule has 0 spiro atoms. The zero-order chi connectivity index (χ0) is 15.5. The van der Waals surface area contributed by atoms with Gasteiger partial charge in [-0.1, -0.05) is 0 Å². The molecule has 1 aliphatic heterocycles. The average molecular weight is 345 g/mol. The predicted molar refractivity (Wildman–Crippen MR) is 78.7 cm³/mol. The van der Waals surface area contributed by atoms with Gasteiger partial charge >= 0.3 is 6.18 Å². The Morgan fingerprint density at radius 1 is 1.09 bits per heavy atom. The van der Waals surface area contributed by atoms with Crippen molar-refractivity contribution in [2.45, 2.75) is 56.8 Å². The van der Waals surface area contributed by atoms with Crippen LogP contribution in [0.1, 0.15) is 38.5 Å². The van der Waals surface area contributed by atoms with E-state index < -0.39 is 18.1 Å². The van der Waals surface area contributed by atoms with Gasteiger partial charge in [0.25, 0.3) is 0 Å². The molecule has 1 saturated carbocycles. The van der Waals surface area contributed by atoms with Crippen molar-refractivity contribution < 1.29 is 22.7 Å². The number of nitrogens with two attached hydrogens (primary N) is 1. The first-order valence-corrected chi connectivity index (χ1v) is 7.58. The van der Waals surface area contributed by atoms with Crippen LogP contribution in [0.3, 0.4) is 0 Å². The number of rotatable bonds is 3. The van der Waals surface area contributed by atoms with Gasteiger partial charge in [-0.15, -0.1) is 12.4 Å². The van der Waals surface area contributed by atoms with Crippen LogP contribution in [-0.4, -0.2) is 37.4 Å². The van der Waals surface area contributed by atoms with Crippen LogP contribution in [0.15, 0.2) is 0 Å². The topological polar surface area (TPSA) is 64.4 Å². The molecule has 1 unspecified atom stereocenters. The number of carbonyl (C=O) groups is 1. The zero-order valence-corrected chi connectivity index (χ0v) is 13.2. The van der Waals surface area contributed by atoms with Gasteiger partial charge in [-0.3, -0.25) is 4.79 Å². The van der Waals surface area contributed by atoms with Gasteiger partial charge in [0.1, 0.15) is 0 Å². The molecule has 4 nitrogen and oxygen atoms in total. The fourth-order valence-corrected chi connectivity index (χ4v) is 3.15. The van der Waals surface area contributed by atoms with Gasteiger partial charge in [0.05, 0.1) is 12.0 Å². The highest BCUT2D eigenvalue weighted by Gasteiger charge is 2.41. The lowest BCUT2D eigenvalue weighted by molar-refractivity contribution is -0.182. The van der Waals surface area contributed by atoms with Gasteiger partial charge in [0, 0.05) is 19.3 Å². The van der Waals surface area contributed by atoms with Crippen LogP contribution in [0.25, 0.3) is 0 Å². The predicted octanol–water partition coefficient (Wildman–Crippen LogP) is 2.40. The third-order valence-electron chi connectivity index (χ3n) is 4.61. The first-order chi connectivity index (χ1) is 9.88. The van der Waals surface area contributed by atoms with E-state index in [-0.39, 0.29) is 43.1 Å². The van der Waals surface area contributed by atoms with E-state index in [4.69, 9.17) is 10.5 Å². The van der Waals surface area contributed by atoms with Gasteiger partial charge < -0.3 is 15.8 Å². The largest absolute Gasteiger partial charge is 0.391 e. The van der Waals surface area contributed by atoms with Crippen molar-refractivity contribution in [3.63, 3.8) is 0 Å². The molecule has 2 fully saturated rings. The van der Waals surface area contributed by atoms with Crippen LogP contribution in [0.5, 0.6) is 0 Å². The van der Waals surface area contributed by atoms with Gasteiger partial charge in [-0.05, 0) is 44.4 Å². The van der Waals surface area contributed by atoms with Gasteiger partial charge in [-0.25, -0.2) is 0 Å². The summed E-state index contributed by atoms with van der Waals surface area (Å²) in [6.45, 7) is 1.23. The standard InChI is InChI=1S/C14H23F3N2O2.ClH/c15-14(16,17)10-1-3-11(4-2-10)19-13(20)12(18)9-5-7-21-8-6-9;/h9-12H,1-8,18H2,(H,19,20);1H. The molecule has 3 N–H and O–H groups in total. The van der Waals surface area contributed by atoms with Crippen molar-refractivity contribution in [1.29, 1.82) is 0 Å². The van der Waals surface area contributed by atoms with Gasteiger partial charge in [-0.2, -0.15) is 13.2 Å². The lowest BCUT2D eigenvalue weighted by Crippen LogP contribution is -2.51. The average Bonchev–Trinajstić information content (AvgIpc) is 2.47. The fourth-order valence-electron chi connectivity index (χ4n) is 3.15. The number of ether oxygens (including phenoxy) is 1. The molecule has 2 rings (SSSR count). The van der Waals surface area contributed by atoms with Crippen LogP contribution in [0, 0.1) is 11.8 Å². The fraction of sp³-hybridized carbons (Fsp3) is 0.929. The van der Waals surface area contributed by atoms with E-state index in [0.29, 0.717) is 26.1 Å². The number of hydrogen-bond acceptors (Lipinski definition) is 3. The quantitative estimate of drug-likeness (QED) is 0.826. The smallest absolute Gasteiger partial charge is 0.381 e. The number of halogens is 4. The maximum Gasteiger partial charge on any atom is 0.391 e. The lowest BCUT2D eigenvalue weighted by Gasteiger charge is -2.32. The Bertz CT molecular complexity index is 354. The van der Waals surface area contributed by atoms with Crippen LogP contribution in [0.2, 0.25) is 0 Å². The summed E-state index contributed by atoms with van der Waals surface area (Å²) < 4.78 is 43.0. The van der Waals surface area contributed by atoms with Crippen molar-refractivity contribution in [1.82, 2.24) is 5.32 Å². The molecule has 1 aliphatic carbocycles. The van der Waals surface area contributed by atoms with E-state index in [1.165, 1.54) is 0 Å². The highest BCUT2D eigenvalue weighted by Crippen LogP contribution is 2.37. The molecule has 8 heteroatoms. The van der Waals surface area contributed by atoms with E-state index in [0.717, 1.165) is 12.8 Å². The summed E-state index contributed by atoms with van der Waals surface area (Å²) >= 11 is 0. The molecule has 1 amide bonds. The molecule has 1 heterocycles. The maximum atomic E-state index is 12.6. The Morgan fingerprint density at radius 2 is 1.64 bits per heavy atom. The number of hydrogen-bond donors (Lipinski definition) is 2. The molecule has 22 heavy (non-hydrogen) atoms. The second-order valence-corrected chi connectivity index (χ2v) is 6.07. The van der Waals surface area contributed by atoms with Crippen molar-refractivity contribution in [3.8, 4) is 0 Å². The third-order valence-corrected chi connectivity index (χ3v) is 4.61. The van der Waals surface area contributed by atoms with Crippen molar-refractivity contribution in [3.05, 3.63) is 0 Å². The van der Waals surface area contributed by atoms with Crippen molar-refractivity contribution in [2.75, 3.05) is 13.2 Å². The summed E-state index contributed by atoms with van der Waals surface area (Å²) in [6.07, 6.45) is -1.69. The Balaban J connectivity index is 0.00000242. The minimum absolute atomic E-state index is 0. The number of carbonyl (C=O) groups excluding carboxylic acids is 1. The van der Waals surface area contributed by atoms with E-state index >= 15 is 0 Å². The molecule has 1 atom stereocenters. The van der Waals surface area contributed by atoms with E-state index in [9.17, 15) is 18.0 Å². The molecule has 1 saturated heterocycles. The zero-order valence-electron chi connectivity index (χ0n) is 12.4. The Labute approximate surface area is 134 Å². The van der Waals surface area contributed by atoms with Gasteiger partial charge in [0.2, 0.25) is 5.91 Å². The molecule has 0 bridgehead atoms. The highest BCUT2D eigenvalue weighted by molar-refractivity contribution is 5.85. The minimum Gasteiger partial charge on any atom is -0.381 e. The van der Waals surface area contributed by atoms with Crippen molar-refractivity contribution >= 4 is 18.3 Å². The van der Waals surface area contributed by atoms with E-state index in [1.807, 2.05) is 0 Å². The molecule has 0 aromatic rings. The Kier molecular flexibility index (Phi) is 7.41. The third kappa shape index (κ3) is 5.28. The maximum absolute atomic E-state index is 12.6.